The monoisotopic (exact) mass is 418 g/mol. The van der Waals surface area contributed by atoms with Crippen LogP contribution in [0.25, 0.3) is 0 Å². The average molecular weight is 420 g/mol. The van der Waals surface area contributed by atoms with Gasteiger partial charge in [0.2, 0.25) is 0 Å². The van der Waals surface area contributed by atoms with Crippen molar-refractivity contribution in [2.24, 2.45) is 0 Å². The molecule has 21 heavy (non-hydrogen) atoms. The third-order valence-corrected chi connectivity index (χ3v) is 4.53. The van der Waals surface area contributed by atoms with Crippen LogP contribution in [-0.2, 0) is 4.79 Å². The molecule has 1 heterocycles. The van der Waals surface area contributed by atoms with E-state index in [2.05, 4.69) is 31.9 Å². The van der Waals surface area contributed by atoms with E-state index in [9.17, 15) is 9.59 Å². The fraction of sp³-hybridized carbons (Fsp3) is 0.429. The van der Waals surface area contributed by atoms with E-state index in [1.54, 1.807) is 24.0 Å². The van der Waals surface area contributed by atoms with E-state index in [0.29, 0.717) is 31.7 Å². The Morgan fingerprint density at radius 3 is 2.10 bits per heavy atom. The van der Waals surface area contributed by atoms with Crippen LogP contribution in [0.1, 0.15) is 17.3 Å². The quantitative estimate of drug-likeness (QED) is 0.817. The van der Waals surface area contributed by atoms with Crippen LogP contribution in [0.2, 0.25) is 0 Å². The maximum Gasteiger partial charge on any atom is 0.320 e. The first-order valence-corrected chi connectivity index (χ1v) is 8.19. The number of hydrogen-bond acceptors (Lipinski definition) is 3. The van der Waals surface area contributed by atoms with Crippen LogP contribution in [-0.4, -0.2) is 59.0 Å². The standard InChI is InChI=1S/C14H16Br2N2O3/c1-9(14(20)21)17-2-4-18(5-3-17)13(19)10-6-11(15)8-12(16)7-10/h6-9H,2-5H2,1H3,(H,20,21). The number of carboxylic acids is 1. The summed E-state index contributed by atoms with van der Waals surface area (Å²) >= 11 is 6.75. The molecular formula is C14H16Br2N2O3. The van der Waals surface area contributed by atoms with E-state index in [1.807, 2.05) is 11.0 Å². The second-order valence-corrected chi connectivity index (χ2v) is 6.83. The van der Waals surface area contributed by atoms with Crippen molar-refractivity contribution in [3.63, 3.8) is 0 Å². The maximum atomic E-state index is 12.5. The molecule has 0 spiro atoms. The molecule has 0 radical (unpaired) electrons. The summed E-state index contributed by atoms with van der Waals surface area (Å²) in [6.45, 7) is 3.91. The predicted molar refractivity (Wildman–Crippen MR) is 86.4 cm³/mol. The summed E-state index contributed by atoms with van der Waals surface area (Å²) in [6, 6.07) is 4.95. The number of piperazine rings is 1. The van der Waals surface area contributed by atoms with E-state index < -0.39 is 12.0 Å². The zero-order valence-electron chi connectivity index (χ0n) is 11.6. The number of hydrogen-bond donors (Lipinski definition) is 1. The Labute approximate surface area is 140 Å². The molecule has 0 saturated carbocycles. The highest BCUT2D eigenvalue weighted by atomic mass is 79.9. The van der Waals surface area contributed by atoms with Crippen LogP contribution < -0.4 is 0 Å². The summed E-state index contributed by atoms with van der Waals surface area (Å²) < 4.78 is 1.69. The molecule has 1 atom stereocenters. The summed E-state index contributed by atoms with van der Waals surface area (Å²) in [5.74, 6) is -0.856. The van der Waals surface area contributed by atoms with Gasteiger partial charge in [0.1, 0.15) is 6.04 Å². The van der Waals surface area contributed by atoms with Gasteiger partial charge in [-0.3, -0.25) is 14.5 Å². The van der Waals surface area contributed by atoms with Crippen molar-refractivity contribution in [1.29, 1.82) is 0 Å². The van der Waals surface area contributed by atoms with Crippen LogP contribution in [0.3, 0.4) is 0 Å². The van der Waals surface area contributed by atoms with Crippen LogP contribution in [0.15, 0.2) is 27.1 Å². The Hall–Kier alpha value is -0.920. The molecule has 7 heteroatoms. The van der Waals surface area contributed by atoms with E-state index >= 15 is 0 Å². The lowest BCUT2D eigenvalue weighted by Gasteiger charge is -2.36. The number of carboxylic acid groups (broad SMARTS) is 1. The minimum Gasteiger partial charge on any atom is -0.480 e. The number of nitrogens with zero attached hydrogens (tertiary/aromatic N) is 2. The molecule has 114 valence electrons. The molecule has 0 bridgehead atoms. The zero-order chi connectivity index (χ0) is 15.6. The smallest absolute Gasteiger partial charge is 0.320 e. The van der Waals surface area contributed by atoms with E-state index in [0.717, 1.165) is 8.95 Å². The van der Waals surface area contributed by atoms with Crippen LogP contribution in [0.5, 0.6) is 0 Å². The molecule has 1 fully saturated rings. The Balaban J connectivity index is 2.01. The van der Waals surface area contributed by atoms with Gasteiger partial charge in [-0.25, -0.2) is 0 Å². The van der Waals surface area contributed by atoms with Crippen LogP contribution in [0.4, 0.5) is 0 Å². The Morgan fingerprint density at radius 2 is 1.62 bits per heavy atom. The summed E-state index contributed by atoms with van der Waals surface area (Å²) in [5, 5.41) is 9.02. The van der Waals surface area contributed by atoms with Crippen LogP contribution in [0, 0.1) is 0 Å². The highest BCUT2D eigenvalue weighted by Gasteiger charge is 2.27. The number of halogens is 2. The summed E-state index contributed by atoms with van der Waals surface area (Å²) in [6.07, 6.45) is 0. The fourth-order valence-electron chi connectivity index (χ4n) is 2.33. The topological polar surface area (TPSA) is 60.9 Å². The van der Waals surface area contributed by atoms with E-state index in [4.69, 9.17) is 5.11 Å². The molecule has 1 aromatic rings. The second-order valence-electron chi connectivity index (χ2n) is 5.00. The third-order valence-electron chi connectivity index (χ3n) is 3.62. The lowest BCUT2D eigenvalue weighted by molar-refractivity contribution is -0.143. The lowest BCUT2D eigenvalue weighted by atomic mass is 10.1. The largest absolute Gasteiger partial charge is 0.480 e. The van der Waals surface area contributed by atoms with Crippen molar-refractivity contribution >= 4 is 43.7 Å². The Morgan fingerprint density at radius 1 is 1.10 bits per heavy atom. The van der Waals surface area contributed by atoms with Gasteiger partial charge in [0, 0.05) is 40.7 Å². The molecule has 1 aliphatic rings. The Kier molecular flexibility index (Phi) is 5.40. The van der Waals surface area contributed by atoms with Crippen molar-refractivity contribution in [3.05, 3.63) is 32.7 Å². The number of carbonyl (C=O) groups is 2. The van der Waals surface area contributed by atoms with Gasteiger partial charge < -0.3 is 10.0 Å². The molecule has 5 nitrogen and oxygen atoms in total. The highest BCUT2D eigenvalue weighted by molar-refractivity contribution is 9.11. The predicted octanol–water partition coefficient (Wildman–Crippen LogP) is 2.44. The first kappa shape index (κ1) is 16.5. The summed E-state index contributed by atoms with van der Waals surface area (Å²) in [7, 11) is 0. The lowest BCUT2D eigenvalue weighted by Crippen LogP contribution is -2.53. The van der Waals surface area contributed by atoms with Gasteiger partial charge in [0.25, 0.3) is 5.91 Å². The second kappa shape index (κ2) is 6.89. The van der Waals surface area contributed by atoms with Crippen molar-refractivity contribution in [3.8, 4) is 0 Å². The molecule has 1 aromatic carbocycles. The minimum absolute atomic E-state index is 0.0281. The van der Waals surface area contributed by atoms with Gasteiger partial charge in [-0.1, -0.05) is 31.9 Å². The molecular weight excluding hydrogens is 404 g/mol. The van der Waals surface area contributed by atoms with Gasteiger partial charge in [0.05, 0.1) is 0 Å². The average Bonchev–Trinajstić information content (AvgIpc) is 2.44. The van der Waals surface area contributed by atoms with E-state index in [1.165, 1.54) is 0 Å². The summed E-state index contributed by atoms with van der Waals surface area (Å²) in [5.41, 5.74) is 0.621. The van der Waals surface area contributed by atoms with E-state index in [-0.39, 0.29) is 5.91 Å². The fourth-order valence-corrected chi connectivity index (χ4v) is 3.62. The van der Waals surface area contributed by atoms with Gasteiger partial charge in [-0.05, 0) is 25.1 Å². The molecule has 1 amide bonds. The normalized spacial score (nSPS) is 17.6. The highest BCUT2D eigenvalue weighted by Crippen LogP contribution is 2.21. The summed E-state index contributed by atoms with van der Waals surface area (Å²) in [4.78, 5) is 27.1. The van der Waals surface area contributed by atoms with Crippen LogP contribution >= 0.6 is 31.9 Å². The number of rotatable bonds is 3. The third kappa shape index (κ3) is 4.05. The first-order valence-electron chi connectivity index (χ1n) is 6.60. The van der Waals surface area contributed by atoms with Crippen molar-refractivity contribution < 1.29 is 14.7 Å². The number of carbonyl (C=O) groups excluding carboxylic acids is 1. The number of amides is 1. The first-order chi connectivity index (χ1) is 9.88. The van der Waals surface area contributed by atoms with Gasteiger partial charge >= 0.3 is 5.97 Å². The SMILES string of the molecule is CC(C(=O)O)N1CCN(C(=O)c2cc(Br)cc(Br)c2)CC1. The number of benzene rings is 1. The Bertz CT molecular complexity index is 537. The van der Waals surface area contributed by atoms with Crippen molar-refractivity contribution in [2.75, 3.05) is 26.2 Å². The molecule has 1 N–H and O–H groups in total. The maximum absolute atomic E-state index is 12.5. The molecule has 1 saturated heterocycles. The van der Waals surface area contributed by atoms with Gasteiger partial charge in [0.15, 0.2) is 0 Å². The molecule has 1 unspecified atom stereocenters. The molecule has 0 aromatic heterocycles. The van der Waals surface area contributed by atoms with Crippen molar-refractivity contribution in [1.82, 2.24) is 9.80 Å². The molecule has 2 rings (SSSR count). The van der Waals surface area contributed by atoms with Gasteiger partial charge in [-0.15, -0.1) is 0 Å². The molecule has 0 aliphatic carbocycles. The number of aliphatic carboxylic acids is 1. The zero-order valence-corrected chi connectivity index (χ0v) is 14.7. The molecule has 1 aliphatic heterocycles. The minimum atomic E-state index is -0.828. The van der Waals surface area contributed by atoms with Gasteiger partial charge in [-0.2, -0.15) is 0 Å². The van der Waals surface area contributed by atoms with Crippen molar-refractivity contribution in [2.45, 2.75) is 13.0 Å².